The minimum absolute atomic E-state index is 0.281. The minimum atomic E-state index is -0.354. The number of nitrogens with zero attached hydrogens (tertiary/aromatic N) is 4. The summed E-state index contributed by atoms with van der Waals surface area (Å²) < 4.78 is 0. The van der Waals surface area contributed by atoms with E-state index in [1.165, 1.54) is 0 Å². The van der Waals surface area contributed by atoms with Gasteiger partial charge in [0.25, 0.3) is 0 Å². The van der Waals surface area contributed by atoms with Gasteiger partial charge in [0, 0.05) is 43.0 Å². The zero-order valence-electron chi connectivity index (χ0n) is 17.7. The molecule has 1 aliphatic rings. The number of hydrogen-bond donors (Lipinski definition) is 3. The van der Waals surface area contributed by atoms with Gasteiger partial charge < -0.3 is 15.7 Å². The highest BCUT2D eigenvalue weighted by Crippen LogP contribution is 2.26. The first-order chi connectivity index (χ1) is 13.3. The summed E-state index contributed by atoms with van der Waals surface area (Å²) in [7, 11) is 0. The molecule has 0 aliphatic carbocycles. The molecule has 3 N–H and O–H groups in total. The first-order valence-corrected chi connectivity index (χ1v) is 10.4. The molecule has 2 aromatic heterocycles. The summed E-state index contributed by atoms with van der Waals surface area (Å²) in [6, 6.07) is 2.37. The smallest absolute Gasteiger partial charge is 0.223 e. The zero-order chi connectivity index (χ0) is 20.3. The van der Waals surface area contributed by atoms with Crippen molar-refractivity contribution in [3.63, 3.8) is 0 Å². The molecule has 2 aromatic rings. The first-order valence-electron chi connectivity index (χ1n) is 10.4. The number of hydrogen-bond acceptors (Lipinski definition) is 7. The van der Waals surface area contributed by atoms with Crippen molar-refractivity contribution in [2.45, 2.75) is 65.6 Å². The number of aromatic nitrogens is 3. The average molecular weight is 387 g/mol. The number of likely N-dealkylation sites (tertiary alicyclic amines) is 1. The molecule has 0 radical (unpaired) electrons. The van der Waals surface area contributed by atoms with Crippen molar-refractivity contribution in [3.8, 4) is 0 Å². The summed E-state index contributed by atoms with van der Waals surface area (Å²) in [5.41, 5.74) is 1.91. The molecule has 0 saturated carbocycles. The SMILES string of the molecule is CC(C)Nc1nc(C(C)C)cc2cnc(NCC3CCN(C(C)O)CC3)nc12. The Labute approximate surface area is 168 Å². The van der Waals surface area contributed by atoms with Crippen LogP contribution in [0.5, 0.6) is 0 Å². The molecular formula is C21H34N6O. The number of aliphatic hydroxyl groups is 1. The monoisotopic (exact) mass is 386 g/mol. The van der Waals surface area contributed by atoms with Gasteiger partial charge in [0.1, 0.15) is 11.7 Å². The van der Waals surface area contributed by atoms with Gasteiger partial charge in [0.05, 0.1) is 0 Å². The Morgan fingerprint density at radius 3 is 2.46 bits per heavy atom. The highest BCUT2D eigenvalue weighted by Gasteiger charge is 2.21. The summed E-state index contributed by atoms with van der Waals surface area (Å²) in [5, 5.41) is 17.5. The van der Waals surface area contributed by atoms with E-state index in [2.05, 4.69) is 54.3 Å². The van der Waals surface area contributed by atoms with E-state index in [1.54, 1.807) is 0 Å². The van der Waals surface area contributed by atoms with Crippen LogP contribution in [-0.2, 0) is 0 Å². The fourth-order valence-electron chi connectivity index (χ4n) is 3.58. The van der Waals surface area contributed by atoms with Gasteiger partial charge in [-0.2, -0.15) is 0 Å². The van der Waals surface area contributed by atoms with E-state index in [-0.39, 0.29) is 12.3 Å². The normalized spacial score (nSPS) is 17.4. The molecule has 3 heterocycles. The highest BCUT2D eigenvalue weighted by molar-refractivity contribution is 5.89. The number of rotatable bonds is 7. The Hall–Kier alpha value is -1.99. The summed E-state index contributed by atoms with van der Waals surface area (Å²) in [6.07, 6.45) is 3.68. The maximum Gasteiger partial charge on any atom is 0.223 e. The van der Waals surface area contributed by atoms with Gasteiger partial charge in [-0.15, -0.1) is 0 Å². The van der Waals surface area contributed by atoms with E-state index >= 15 is 0 Å². The van der Waals surface area contributed by atoms with Gasteiger partial charge in [-0.05, 0) is 51.5 Å². The maximum absolute atomic E-state index is 9.69. The number of fused-ring (bicyclic) bond motifs is 1. The van der Waals surface area contributed by atoms with Crippen LogP contribution >= 0.6 is 0 Å². The summed E-state index contributed by atoms with van der Waals surface area (Å²) in [4.78, 5) is 16.2. The Morgan fingerprint density at radius 2 is 1.86 bits per heavy atom. The molecule has 28 heavy (non-hydrogen) atoms. The molecule has 7 nitrogen and oxygen atoms in total. The molecule has 0 spiro atoms. The second-order valence-corrected chi connectivity index (χ2v) is 8.47. The van der Waals surface area contributed by atoms with Crippen LogP contribution in [0.15, 0.2) is 12.3 Å². The lowest BCUT2D eigenvalue weighted by Gasteiger charge is -2.33. The predicted molar refractivity (Wildman–Crippen MR) is 115 cm³/mol. The molecule has 0 aromatic carbocycles. The molecule has 0 bridgehead atoms. The van der Waals surface area contributed by atoms with Crippen LogP contribution in [0.3, 0.4) is 0 Å². The van der Waals surface area contributed by atoms with Gasteiger partial charge in [0.2, 0.25) is 5.95 Å². The molecule has 1 fully saturated rings. The van der Waals surface area contributed by atoms with Crippen LogP contribution in [0.25, 0.3) is 10.9 Å². The van der Waals surface area contributed by atoms with Crippen LogP contribution < -0.4 is 10.6 Å². The van der Waals surface area contributed by atoms with Crippen molar-refractivity contribution < 1.29 is 5.11 Å². The van der Waals surface area contributed by atoms with E-state index in [0.717, 1.165) is 54.9 Å². The number of anilines is 2. The van der Waals surface area contributed by atoms with Crippen LogP contribution in [0.4, 0.5) is 11.8 Å². The van der Waals surface area contributed by atoms with Gasteiger partial charge in [-0.1, -0.05) is 13.8 Å². The predicted octanol–water partition coefficient (Wildman–Crippen LogP) is 3.43. The van der Waals surface area contributed by atoms with Crippen LogP contribution in [0.2, 0.25) is 0 Å². The summed E-state index contributed by atoms with van der Waals surface area (Å²) >= 11 is 0. The fourth-order valence-corrected chi connectivity index (χ4v) is 3.58. The molecule has 154 valence electrons. The molecule has 1 atom stereocenters. The van der Waals surface area contributed by atoms with Gasteiger partial charge in [-0.3, -0.25) is 4.90 Å². The zero-order valence-corrected chi connectivity index (χ0v) is 17.7. The number of piperidine rings is 1. The molecule has 1 saturated heterocycles. The summed E-state index contributed by atoms with van der Waals surface area (Å²) in [6.45, 7) is 13.1. The molecular weight excluding hydrogens is 352 g/mol. The summed E-state index contributed by atoms with van der Waals surface area (Å²) in [5.74, 6) is 2.40. The van der Waals surface area contributed by atoms with Gasteiger partial charge in [-0.25, -0.2) is 15.0 Å². The number of nitrogens with one attached hydrogen (secondary N) is 2. The molecule has 7 heteroatoms. The van der Waals surface area contributed by atoms with E-state index in [1.807, 2.05) is 13.1 Å². The van der Waals surface area contributed by atoms with Crippen LogP contribution in [0.1, 0.15) is 59.1 Å². The van der Waals surface area contributed by atoms with Crippen LogP contribution in [0, 0.1) is 5.92 Å². The van der Waals surface area contributed by atoms with Crippen molar-refractivity contribution in [3.05, 3.63) is 18.0 Å². The van der Waals surface area contributed by atoms with Crippen molar-refractivity contribution in [1.82, 2.24) is 19.9 Å². The maximum atomic E-state index is 9.69. The Balaban J connectivity index is 1.73. The highest BCUT2D eigenvalue weighted by atomic mass is 16.3. The molecule has 1 aliphatic heterocycles. The van der Waals surface area contributed by atoms with Gasteiger partial charge in [0.15, 0.2) is 5.82 Å². The Kier molecular flexibility index (Phi) is 6.67. The quantitative estimate of drug-likeness (QED) is 0.672. The third-order valence-electron chi connectivity index (χ3n) is 5.33. The fraction of sp³-hybridized carbons (Fsp3) is 0.667. The lowest BCUT2D eigenvalue weighted by atomic mass is 9.97. The van der Waals surface area contributed by atoms with Gasteiger partial charge >= 0.3 is 0 Å². The second-order valence-electron chi connectivity index (χ2n) is 8.47. The second kappa shape index (κ2) is 9.01. The molecule has 0 amide bonds. The van der Waals surface area contributed by atoms with E-state index in [4.69, 9.17) is 9.97 Å². The number of pyridine rings is 1. The van der Waals surface area contributed by atoms with Crippen molar-refractivity contribution in [2.24, 2.45) is 5.92 Å². The first kappa shape index (κ1) is 20.7. The Morgan fingerprint density at radius 1 is 1.14 bits per heavy atom. The largest absolute Gasteiger partial charge is 0.379 e. The van der Waals surface area contributed by atoms with Crippen molar-refractivity contribution in [2.75, 3.05) is 30.3 Å². The van der Waals surface area contributed by atoms with Crippen molar-refractivity contribution >= 4 is 22.7 Å². The lowest BCUT2D eigenvalue weighted by Crippen LogP contribution is -2.41. The van der Waals surface area contributed by atoms with E-state index in [0.29, 0.717) is 17.8 Å². The standard InChI is InChI=1S/C21H34N6O/c1-13(2)18-10-17-12-23-21(26-19(17)20(25-18)24-14(3)4)22-11-16-6-8-27(9-7-16)15(5)28/h10,12-16,28H,6-9,11H2,1-5H3,(H,24,25)(H,22,23,26). The topological polar surface area (TPSA) is 86.2 Å². The van der Waals surface area contributed by atoms with E-state index in [9.17, 15) is 5.11 Å². The third kappa shape index (κ3) is 5.08. The third-order valence-corrected chi connectivity index (χ3v) is 5.33. The van der Waals surface area contributed by atoms with E-state index < -0.39 is 0 Å². The number of aliphatic hydroxyl groups excluding tert-OH is 1. The molecule has 1 unspecified atom stereocenters. The minimum Gasteiger partial charge on any atom is -0.379 e. The van der Waals surface area contributed by atoms with Crippen LogP contribution in [-0.4, -0.2) is 56.9 Å². The average Bonchev–Trinajstić information content (AvgIpc) is 2.66. The van der Waals surface area contributed by atoms with Crippen molar-refractivity contribution in [1.29, 1.82) is 0 Å². The lowest BCUT2D eigenvalue weighted by molar-refractivity contribution is -0.00206. The molecule has 3 rings (SSSR count). The Bertz CT molecular complexity index is 784.